The van der Waals surface area contributed by atoms with Crippen LogP contribution in [0.15, 0.2) is 18.7 Å². The van der Waals surface area contributed by atoms with Gasteiger partial charge in [0.15, 0.2) is 5.78 Å². The fourth-order valence-electron chi connectivity index (χ4n) is 3.72. The van der Waals surface area contributed by atoms with Crippen LogP contribution >= 0.6 is 11.3 Å². The van der Waals surface area contributed by atoms with Crippen molar-refractivity contribution < 1.29 is 41.0 Å². The van der Waals surface area contributed by atoms with E-state index in [0.29, 0.717) is 0 Å². The highest BCUT2D eigenvalue weighted by Gasteiger charge is 2.39. The van der Waals surface area contributed by atoms with E-state index in [2.05, 4.69) is 25.0 Å². The summed E-state index contributed by atoms with van der Waals surface area (Å²) in [6, 6.07) is -0.833. The number of alkyl halides is 6. The Morgan fingerprint density at radius 3 is 2.32 bits per heavy atom. The molecule has 0 saturated carbocycles. The number of hydrogen-bond donors (Lipinski definition) is 1. The van der Waals surface area contributed by atoms with Gasteiger partial charge < -0.3 is 14.9 Å². The summed E-state index contributed by atoms with van der Waals surface area (Å²) in [6.07, 6.45) is -6.98. The SMILES string of the molecule is CC(=O)c1ncn(CC(=O)N2CCN(c3sc(C(F)(F)F)nc3-c3cnc(C(F)(F)F)nc3)C[C@@H]2CO)n1. The van der Waals surface area contributed by atoms with Crippen molar-refractivity contribution in [2.75, 3.05) is 31.1 Å². The Hall–Kier alpha value is -3.67. The topological polar surface area (TPSA) is 130 Å². The van der Waals surface area contributed by atoms with Crippen molar-refractivity contribution in [1.82, 2.24) is 34.6 Å². The molecule has 11 nitrogen and oxygen atoms in total. The first-order valence-electron chi connectivity index (χ1n) is 10.8. The molecule has 3 aromatic rings. The molecule has 4 heterocycles. The molecule has 38 heavy (non-hydrogen) atoms. The lowest BCUT2D eigenvalue weighted by Crippen LogP contribution is -2.57. The van der Waals surface area contributed by atoms with Gasteiger partial charge in [-0.2, -0.15) is 26.3 Å². The minimum absolute atomic E-state index is 0.000521. The Kier molecular flexibility index (Phi) is 7.37. The maximum atomic E-state index is 13.5. The summed E-state index contributed by atoms with van der Waals surface area (Å²) in [5.41, 5.74) is -0.432. The average Bonchev–Trinajstić information content (AvgIpc) is 3.51. The van der Waals surface area contributed by atoms with Crippen LogP contribution in [0.4, 0.5) is 31.3 Å². The van der Waals surface area contributed by atoms with Gasteiger partial charge in [0.1, 0.15) is 23.6 Å². The molecular weight excluding hydrogens is 546 g/mol. The first-order chi connectivity index (χ1) is 17.8. The van der Waals surface area contributed by atoms with Gasteiger partial charge in [0.2, 0.25) is 22.6 Å². The number of Topliss-reactive ketones (excluding diaryl/α,β-unsaturated/α-hetero) is 1. The second kappa shape index (κ2) is 10.2. The molecule has 0 spiro atoms. The first kappa shape index (κ1) is 27.4. The summed E-state index contributed by atoms with van der Waals surface area (Å²) in [6.45, 7) is 0.391. The van der Waals surface area contributed by atoms with Crippen LogP contribution in [0, 0.1) is 0 Å². The lowest BCUT2D eigenvalue weighted by atomic mass is 10.1. The van der Waals surface area contributed by atoms with E-state index in [1.165, 1.54) is 23.1 Å². The van der Waals surface area contributed by atoms with Crippen molar-refractivity contribution >= 4 is 28.0 Å². The van der Waals surface area contributed by atoms with E-state index < -0.39 is 47.5 Å². The molecule has 18 heteroatoms. The number of aliphatic hydroxyl groups is 1. The van der Waals surface area contributed by atoms with Crippen LogP contribution in [0.5, 0.6) is 0 Å². The highest BCUT2D eigenvalue weighted by molar-refractivity contribution is 7.16. The Morgan fingerprint density at radius 1 is 1.08 bits per heavy atom. The predicted octanol–water partition coefficient (Wildman–Crippen LogP) is 2.14. The van der Waals surface area contributed by atoms with Gasteiger partial charge in [0.05, 0.1) is 12.6 Å². The summed E-state index contributed by atoms with van der Waals surface area (Å²) in [5, 5.41) is 12.6. The Morgan fingerprint density at radius 2 is 1.76 bits per heavy atom. The fraction of sp³-hybridized carbons (Fsp3) is 0.450. The minimum Gasteiger partial charge on any atom is -0.394 e. The van der Waals surface area contributed by atoms with E-state index in [4.69, 9.17) is 0 Å². The highest BCUT2D eigenvalue weighted by Crippen LogP contribution is 2.43. The molecule has 1 saturated heterocycles. The minimum atomic E-state index is -4.84. The van der Waals surface area contributed by atoms with Crippen molar-refractivity contribution in [1.29, 1.82) is 0 Å². The molecule has 1 atom stereocenters. The smallest absolute Gasteiger partial charge is 0.394 e. The number of thiazole rings is 1. The molecule has 0 radical (unpaired) electrons. The number of amides is 1. The largest absolute Gasteiger partial charge is 0.451 e. The molecule has 1 aliphatic rings. The van der Waals surface area contributed by atoms with Gasteiger partial charge in [-0.3, -0.25) is 9.59 Å². The molecule has 1 aliphatic heterocycles. The van der Waals surface area contributed by atoms with E-state index in [0.717, 1.165) is 17.1 Å². The van der Waals surface area contributed by atoms with E-state index in [1.807, 2.05) is 0 Å². The lowest BCUT2D eigenvalue weighted by molar-refractivity contribution is -0.145. The van der Waals surface area contributed by atoms with Gasteiger partial charge >= 0.3 is 12.4 Å². The molecule has 0 bridgehead atoms. The molecule has 1 fully saturated rings. The maximum Gasteiger partial charge on any atom is 0.451 e. The Balaban J connectivity index is 1.58. The number of rotatable bonds is 6. The summed E-state index contributed by atoms with van der Waals surface area (Å²) in [4.78, 5) is 40.8. The third-order valence-electron chi connectivity index (χ3n) is 5.48. The number of piperazine rings is 1. The van der Waals surface area contributed by atoms with Gasteiger partial charge in [0, 0.05) is 44.5 Å². The van der Waals surface area contributed by atoms with Crippen molar-refractivity contribution in [3.05, 3.63) is 35.4 Å². The zero-order chi connectivity index (χ0) is 27.8. The predicted molar refractivity (Wildman–Crippen MR) is 118 cm³/mol. The van der Waals surface area contributed by atoms with Crippen molar-refractivity contribution in [2.45, 2.75) is 31.9 Å². The van der Waals surface area contributed by atoms with Crippen LogP contribution in [0.3, 0.4) is 0 Å². The zero-order valence-electron chi connectivity index (χ0n) is 19.4. The van der Waals surface area contributed by atoms with Gasteiger partial charge in [0.25, 0.3) is 0 Å². The van der Waals surface area contributed by atoms with Crippen LogP contribution in [-0.4, -0.2) is 83.7 Å². The lowest BCUT2D eigenvalue weighted by Gasteiger charge is -2.41. The average molecular weight is 564 g/mol. The van der Waals surface area contributed by atoms with E-state index in [1.54, 1.807) is 0 Å². The maximum absolute atomic E-state index is 13.5. The third kappa shape index (κ3) is 5.74. The first-order valence-corrected chi connectivity index (χ1v) is 11.6. The molecule has 1 N–H and O–H groups in total. The van der Waals surface area contributed by atoms with Crippen molar-refractivity contribution in [3.63, 3.8) is 0 Å². The zero-order valence-corrected chi connectivity index (χ0v) is 20.2. The standard InChI is InChI=1S/C20H18F6N8O3S/c1-10(36)15-29-9-33(31-15)7-13(37)34-3-2-32(6-12(34)8-35)16-14(30-18(38-16)20(24,25)26)11-4-27-17(28-5-11)19(21,22)23/h4-5,9,12,35H,2-3,6-8H2,1H3/t12-/m1/s1. The summed E-state index contributed by atoms with van der Waals surface area (Å²) < 4.78 is 80.1. The molecule has 0 aliphatic carbocycles. The number of carbonyl (C=O) groups excluding carboxylic acids is 2. The van der Waals surface area contributed by atoms with Crippen LogP contribution in [0.2, 0.25) is 0 Å². The van der Waals surface area contributed by atoms with Crippen molar-refractivity contribution in [3.8, 4) is 11.3 Å². The summed E-state index contributed by atoms with van der Waals surface area (Å²) >= 11 is 0.280. The van der Waals surface area contributed by atoms with Crippen LogP contribution in [0.25, 0.3) is 11.3 Å². The molecule has 0 unspecified atom stereocenters. The second-order valence-corrected chi connectivity index (χ2v) is 9.13. The number of aliphatic hydroxyl groups excluding tert-OH is 1. The Bertz CT molecular complexity index is 1320. The van der Waals surface area contributed by atoms with E-state index >= 15 is 0 Å². The number of aromatic nitrogens is 6. The normalized spacial score (nSPS) is 16.7. The fourth-order valence-corrected chi connectivity index (χ4v) is 4.71. The Labute approximate surface area is 213 Å². The number of ketones is 1. The summed E-state index contributed by atoms with van der Waals surface area (Å²) in [7, 11) is 0. The van der Waals surface area contributed by atoms with Gasteiger partial charge in [-0.1, -0.05) is 11.3 Å². The van der Waals surface area contributed by atoms with E-state index in [9.17, 15) is 41.0 Å². The van der Waals surface area contributed by atoms with Crippen molar-refractivity contribution in [2.24, 2.45) is 0 Å². The summed E-state index contributed by atoms with van der Waals surface area (Å²) in [5.74, 6) is -2.40. The quantitative estimate of drug-likeness (QED) is 0.354. The molecule has 204 valence electrons. The van der Waals surface area contributed by atoms with Gasteiger partial charge in [-0.15, -0.1) is 5.10 Å². The number of nitrogens with zero attached hydrogens (tertiary/aromatic N) is 8. The molecule has 0 aromatic carbocycles. The van der Waals surface area contributed by atoms with Crippen LogP contribution in [-0.2, 0) is 23.7 Å². The number of halogens is 6. The molecule has 1 amide bonds. The number of hydrogen-bond acceptors (Lipinski definition) is 10. The third-order valence-corrected chi connectivity index (χ3v) is 6.64. The van der Waals surface area contributed by atoms with Crippen LogP contribution < -0.4 is 4.90 Å². The molecule has 3 aromatic heterocycles. The van der Waals surface area contributed by atoms with Crippen LogP contribution in [0.1, 0.15) is 28.4 Å². The highest BCUT2D eigenvalue weighted by atomic mass is 32.1. The number of anilines is 1. The second-order valence-electron chi connectivity index (χ2n) is 8.16. The van der Waals surface area contributed by atoms with Gasteiger partial charge in [-0.05, 0) is 0 Å². The molecule has 4 rings (SSSR count). The number of carbonyl (C=O) groups is 2. The van der Waals surface area contributed by atoms with Gasteiger partial charge in [-0.25, -0.2) is 24.6 Å². The van der Waals surface area contributed by atoms with E-state index in [-0.39, 0.29) is 59.6 Å². The monoisotopic (exact) mass is 564 g/mol. The molecular formula is C20H18F6N8O3S.